The Bertz CT molecular complexity index is 1150. The minimum Gasteiger partial charge on any atom is -0.508 e. The SMILES string of the molecule is Oc1cccc(C(c2c[nH]c3cnccc23)c2c[nH]c3cnccc23)c1. The number of phenolic OH excluding ortho intramolecular Hbond substituents is 1. The summed E-state index contributed by atoms with van der Waals surface area (Å²) in [6, 6.07) is 11.5. The fourth-order valence-corrected chi connectivity index (χ4v) is 3.70. The van der Waals surface area contributed by atoms with Gasteiger partial charge in [-0.1, -0.05) is 12.1 Å². The molecule has 0 aliphatic heterocycles. The van der Waals surface area contributed by atoms with Crippen LogP contribution in [0.15, 0.2) is 73.6 Å². The third-order valence-electron chi connectivity index (χ3n) is 4.86. The molecule has 0 bridgehead atoms. The van der Waals surface area contributed by atoms with Crippen LogP contribution in [0.25, 0.3) is 21.8 Å². The number of benzene rings is 1. The van der Waals surface area contributed by atoms with Crippen molar-refractivity contribution in [3.63, 3.8) is 0 Å². The van der Waals surface area contributed by atoms with E-state index in [0.29, 0.717) is 0 Å². The van der Waals surface area contributed by atoms with Crippen molar-refractivity contribution in [2.24, 2.45) is 0 Å². The molecule has 0 aliphatic rings. The van der Waals surface area contributed by atoms with Gasteiger partial charge in [-0.05, 0) is 41.0 Å². The van der Waals surface area contributed by atoms with Gasteiger partial charge in [-0.25, -0.2) is 0 Å². The second-order valence-electron chi connectivity index (χ2n) is 6.36. The number of H-pyrrole nitrogens is 2. The molecule has 0 saturated heterocycles. The molecule has 4 aromatic heterocycles. The Kier molecular flexibility index (Phi) is 3.25. The van der Waals surface area contributed by atoms with Crippen molar-refractivity contribution in [3.05, 3.63) is 90.3 Å². The van der Waals surface area contributed by atoms with E-state index in [1.807, 2.05) is 55.1 Å². The predicted octanol–water partition coefficient (Wildman–Crippen LogP) is 4.33. The maximum absolute atomic E-state index is 10.0. The van der Waals surface area contributed by atoms with Gasteiger partial charge >= 0.3 is 0 Å². The number of nitrogens with one attached hydrogen (secondary N) is 2. The van der Waals surface area contributed by atoms with Gasteiger partial charge in [0.2, 0.25) is 0 Å². The Hall–Kier alpha value is -3.60. The summed E-state index contributed by atoms with van der Waals surface area (Å²) in [6.45, 7) is 0. The summed E-state index contributed by atoms with van der Waals surface area (Å²) in [6.07, 6.45) is 11.3. The zero-order valence-corrected chi connectivity index (χ0v) is 13.8. The summed E-state index contributed by atoms with van der Waals surface area (Å²) in [5, 5.41) is 12.3. The Labute approximate surface area is 149 Å². The highest BCUT2D eigenvalue weighted by atomic mass is 16.3. The van der Waals surface area contributed by atoms with Gasteiger partial charge < -0.3 is 15.1 Å². The van der Waals surface area contributed by atoms with Gasteiger partial charge in [0.05, 0.1) is 23.4 Å². The normalized spacial score (nSPS) is 11.6. The maximum Gasteiger partial charge on any atom is 0.115 e. The van der Waals surface area contributed by atoms with Crippen LogP contribution >= 0.6 is 0 Å². The molecular weight excluding hydrogens is 324 g/mol. The molecule has 0 atom stereocenters. The number of aromatic amines is 2. The van der Waals surface area contributed by atoms with E-state index in [1.165, 1.54) is 0 Å². The topological polar surface area (TPSA) is 77.6 Å². The van der Waals surface area contributed by atoms with Crippen LogP contribution in [0, 0.1) is 0 Å². The van der Waals surface area contributed by atoms with Crippen LogP contribution in [0.1, 0.15) is 22.6 Å². The number of aromatic hydroxyl groups is 1. The minimum absolute atomic E-state index is 0.0330. The summed E-state index contributed by atoms with van der Waals surface area (Å²) >= 11 is 0. The molecule has 3 N–H and O–H groups in total. The molecular formula is C21H16N4O. The van der Waals surface area contributed by atoms with Crippen molar-refractivity contribution in [2.45, 2.75) is 5.92 Å². The Morgan fingerprint density at radius 3 is 2.00 bits per heavy atom. The van der Waals surface area contributed by atoms with Crippen molar-refractivity contribution in [2.75, 3.05) is 0 Å². The Morgan fingerprint density at radius 2 is 1.42 bits per heavy atom. The largest absolute Gasteiger partial charge is 0.508 e. The lowest BCUT2D eigenvalue weighted by atomic mass is 9.85. The molecule has 5 rings (SSSR count). The van der Waals surface area contributed by atoms with Crippen molar-refractivity contribution in [1.82, 2.24) is 19.9 Å². The average Bonchev–Trinajstić information content (AvgIpc) is 3.28. The fourth-order valence-electron chi connectivity index (χ4n) is 3.70. The number of hydrogen-bond acceptors (Lipinski definition) is 3. The van der Waals surface area contributed by atoms with Gasteiger partial charge in [0.25, 0.3) is 0 Å². The molecule has 5 aromatic rings. The molecule has 4 heterocycles. The van der Waals surface area contributed by atoms with E-state index in [0.717, 1.165) is 38.5 Å². The fraction of sp³-hybridized carbons (Fsp3) is 0.0476. The molecule has 0 fully saturated rings. The Morgan fingerprint density at radius 1 is 0.808 bits per heavy atom. The summed E-state index contributed by atoms with van der Waals surface area (Å²) < 4.78 is 0. The van der Waals surface area contributed by atoms with Crippen LogP contribution in [0.4, 0.5) is 0 Å². The molecule has 0 aliphatic carbocycles. The van der Waals surface area contributed by atoms with Crippen LogP contribution in [0.5, 0.6) is 5.75 Å². The molecule has 0 unspecified atom stereocenters. The van der Waals surface area contributed by atoms with E-state index in [9.17, 15) is 5.11 Å². The number of nitrogens with zero attached hydrogens (tertiary/aromatic N) is 2. The van der Waals surface area contributed by atoms with Gasteiger partial charge in [0.15, 0.2) is 0 Å². The molecule has 0 spiro atoms. The van der Waals surface area contributed by atoms with Gasteiger partial charge in [0.1, 0.15) is 5.75 Å². The first-order valence-corrected chi connectivity index (χ1v) is 8.42. The third kappa shape index (κ3) is 2.25. The molecule has 26 heavy (non-hydrogen) atoms. The highest BCUT2D eigenvalue weighted by molar-refractivity contribution is 5.88. The molecule has 0 amide bonds. The summed E-state index contributed by atoms with van der Waals surface area (Å²) in [7, 11) is 0. The monoisotopic (exact) mass is 340 g/mol. The first-order chi connectivity index (χ1) is 12.8. The van der Waals surface area contributed by atoms with Crippen molar-refractivity contribution in [3.8, 4) is 5.75 Å². The number of rotatable bonds is 3. The zero-order chi connectivity index (χ0) is 17.5. The van der Waals surface area contributed by atoms with Crippen LogP contribution < -0.4 is 0 Å². The lowest BCUT2D eigenvalue weighted by Gasteiger charge is -2.17. The second kappa shape index (κ2) is 5.74. The van der Waals surface area contributed by atoms with Gasteiger partial charge in [-0.15, -0.1) is 0 Å². The van der Waals surface area contributed by atoms with Gasteiger partial charge in [-0.2, -0.15) is 0 Å². The van der Waals surface area contributed by atoms with Gasteiger partial charge in [-0.3, -0.25) is 9.97 Å². The molecule has 5 nitrogen and oxygen atoms in total. The second-order valence-corrected chi connectivity index (χ2v) is 6.36. The van der Waals surface area contributed by atoms with Gasteiger partial charge in [0, 0.05) is 41.5 Å². The molecule has 5 heteroatoms. The van der Waals surface area contributed by atoms with E-state index in [2.05, 4.69) is 19.9 Å². The standard InChI is InChI=1S/C21H16N4O/c26-14-3-1-2-13(8-14)21(17-9-24-19-11-22-6-4-15(17)19)18-10-25-20-12-23-7-5-16(18)20/h1-12,21,24-26H. The van der Waals surface area contributed by atoms with Crippen LogP contribution in [-0.4, -0.2) is 25.0 Å². The summed E-state index contributed by atoms with van der Waals surface area (Å²) in [5.74, 6) is 0.227. The summed E-state index contributed by atoms with van der Waals surface area (Å²) in [5.41, 5.74) is 5.31. The molecule has 0 radical (unpaired) electrons. The van der Waals surface area contributed by atoms with E-state index in [1.54, 1.807) is 18.5 Å². The van der Waals surface area contributed by atoms with Crippen molar-refractivity contribution in [1.29, 1.82) is 0 Å². The van der Waals surface area contributed by atoms with Crippen LogP contribution in [0.3, 0.4) is 0 Å². The summed E-state index contributed by atoms with van der Waals surface area (Å²) in [4.78, 5) is 15.0. The van der Waals surface area contributed by atoms with E-state index < -0.39 is 0 Å². The number of hydrogen-bond donors (Lipinski definition) is 3. The minimum atomic E-state index is -0.0330. The maximum atomic E-state index is 10.0. The first-order valence-electron chi connectivity index (χ1n) is 8.42. The van der Waals surface area contributed by atoms with E-state index >= 15 is 0 Å². The van der Waals surface area contributed by atoms with Crippen LogP contribution in [-0.2, 0) is 0 Å². The smallest absolute Gasteiger partial charge is 0.115 e. The third-order valence-corrected chi connectivity index (χ3v) is 4.86. The van der Waals surface area contributed by atoms with Crippen molar-refractivity contribution >= 4 is 21.8 Å². The molecule has 0 saturated carbocycles. The van der Waals surface area contributed by atoms with Crippen molar-refractivity contribution < 1.29 is 5.11 Å². The number of pyridine rings is 2. The quantitative estimate of drug-likeness (QED) is 0.457. The number of phenols is 1. The zero-order valence-electron chi connectivity index (χ0n) is 13.8. The molecule has 1 aromatic carbocycles. The van der Waals surface area contributed by atoms with E-state index in [4.69, 9.17) is 0 Å². The lowest BCUT2D eigenvalue weighted by Crippen LogP contribution is -2.02. The number of aromatic nitrogens is 4. The highest BCUT2D eigenvalue weighted by Crippen LogP contribution is 2.39. The van der Waals surface area contributed by atoms with E-state index in [-0.39, 0.29) is 11.7 Å². The predicted molar refractivity (Wildman–Crippen MR) is 101 cm³/mol. The Balaban J connectivity index is 1.81. The number of fused-ring (bicyclic) bond motifs is 2. The highest BCUT2D eigenvalue weighted by Gasteiger charge is 2.23. The average molecular weight is 340 g/mol. The lowest BCUT2D eigenvalue weighted by molar-refractivity contribution is 0.474. The first kappa shape index (κ1) is 14.7. The molecule has 126 valence electrons. The van der Waals surface area contributed by atoms with Crippen LogP contribution in [0.2, 0.25) is 0 Å².